The van der Waals surface area contributed by atoms with Gasteiger partial charge in [0.2, 0.25) is 0 Å². The van der Waals surface area contributed by atoms with Crippen molar-refractivity contribution in [2.24, 2.45) is 5.92 Å². The Bertz CT molecular complexity index is 473. The average Bonchev–Trinajstić information content (AvgIpc) is 2.92. The van der Waals surface area contributed by atoms with Crippen molar-refractivity contribution in [2.75, 3.05) is 38.5 Å². The van der Waals surface area contributed by atoms with Gasteiger partial charge in [-0.1, -0.05) is 6.92 Å². The van der Waals surface area contributed by atoms with Gasteiger partial charge in [-0.25, -0.2) is 0 Å². The van der Waals surface area contributed by atoms with Crippen LogP contribution in [0.1, 0.15) is 29.3 Å². The molecule has 1 aromatic carbocycles. The molecule has 0 aliphatic carbocycles. The Hall–Kier alpha value is -1.55. The van der Waals surface area contributed by atoms with Crippen molar-refractivity contribution < 1.29 is 4.79 Å². The Kier molecular flexibility index (Phi) is 5.01. The van der Waals surface area contributed by atoms with Crippen molar-refractivity contribution in [3.63, 3.8) is 0 Å². The molecule has 4 nitrogen and oxygen atoms in total. The molecule has 1 fully saturated rings. The molecular formula is C16H25N3O. The highest BCUT2D eigenvalue weighted by molar-refractivity contribution is 5.94. The molecule has 0 saturated carbocycles. The molecule has 1 unspecified atom stereocenters. The van der Waals surface area contributed by atoms with Gasteiger partial charge in [0, 0.05) is 31.4 Å². The van der Waals surface area contributed by atoms with E-state index in [2.05, 4.69) is 22.5 Å². The molecule has 1 atom stereocenters. The van der Waals surface area contributed by atoms with Crippen molar-refractivity contribution in [2.45, 2.75) is 20.3 Å². The van der Waals surface area contributed by atoms with Crippen molar-refractivity contribution in [3.8, 4) is 0 Å². The third-order valence-corrected chi connectivity index (χ3v) is 4.13. The third-order valence-electron chi connectivity index (χ3n) is 4.13. The van der Waals surface area contributed by atoms with E-state index in [1.54, 1.807) is 0 Å². The van der Waals surface area contributed by atoms with E-state index in [1.165, 1.54) is 6.42 Å². The summed E-state index contributed by atoms with van der Waals surface area (Å²) in [6.07, 6.45) is 1.19. The second kappa shape index (κ2) is 6.75. The number of hydrogen-bond donors (Lipinski definition) is 2. The zero-order valence-corrected chi connectivity index (χ0v) is 12.7. The average molecular weight is 275 g/mol. The molecule has 110 valence electrons. The number of anilines is 1. The van der Waals surface area contributed by atoms with Crippen LogP contribution in [0.3, 0.4) is 0 Å². The summed E-state index contributed by atoms with van der Waals surface area (Å²) in [5.41, 5.74) is 2.90. The first-order valence-corrected chi connectivity index (χ1v) is 7.43. The van der Waals surface area contributed by atoms with E-state index >= 15 is 0 Å². The van der Waals surface area contributed by atoms with Crippen molar-refractivity contribution >= 4 is 11.6 Å². The Labute approximate surface area is 121 Å². The molecule has 1 saturated heterocycles. The number of nitrogens with one attached hydrogen (secondary N) is 2. The number of likely N-dealkylation sites (tertiary alicyclic amines) is 1. The summed E-state index contributed by atoms with van der Waals surface area (Å²) < 4.78 is 0. The molecule has 1 aliphatic heterocycles. The van der Waals surface area contributed by atoms with Gasteiger partial charge in [-0.15, -0.1) is 0 Å². The zero-order chi connectivity index (χ0) is 14.5. The fourth-order valence-corrected chi connectivity index (χ4v) is 2.79. The van der Waals surface area contributed by atoms with Crippen LogP contribution in [0.15, 0.2) is 18.2 Å². The van der Waals surface area contributed by atoms with Gasteiger partial charge in [0.25, 0.3) is 5.91 Å². The normalized spacial score (nSPS) is 19.1. The highest BCUT2D eigenvalue weighted by Gasteiger charge is 2.21. The van der Waals surface area contributed by atoms with Gasteiger partial charge in [-0.05, 0) is 56.1 Å². The maximum absolute atomic E-state index is 12.2. The lowest BCUT2D eigenvalue weighted by Gasteiger charge is -2.14. The first kappa shape index (κ1) is 14.9. The van der Waals surface area contributed by atoms with Crippen LogP contribution < -0.4 is 10.6 Å². The van der Waals surface area contributed by atoms with Crippen LogP contribution in [0.4, 0.5) is 5.69 Å². The summed E-state index contributed by atoms with van der Waals surface area (Å²) in [4.78, 5) is 14.6. The Morgan fingerprint density at radius 2 is 2.25 bits per heavy atom. The van der Waals surface area contributed by atoms with Gasteiger partial charge < -0.3 is 15.5 Å². The molecule has 1 aliphatic rings. The van der Waals surface area contributed by atoms with E-state index < -0.39 is 0 Å². The van der Waals surface area contributed by atoms with Gasteiger partial charge in [0.05, 0.1) is 0 Å². The minimum atomic E-state index is 0.0331. The number of rotatable bonds is 5. The standard InChI is InChI=1S/C16H25N3O/c1-4-19-8-7-13(11-19)10-18-16(20)14-5-6-15(17-3)12(2)9-14/h5-6,9,13,17H,4,7-8,10-11H2,1-3H3,(H,18,20). The fourth-order valence-electron chi connectivity index (χ4n) is 2.79. The van der Waals surface area contributed by atoms with E-state index in [9.17, 15) is 4.79 Å². The second-order valence-corrected chi connectivity index (χ2v) is 5.54. The van der Waals surface area contributed by atoms with Gasteiger partial charge >= 0.3 is 0 Å². The van der Waals surface area contributed by atoms with Crippen LogP contribution in [-0.4, -0.2) is 44.0 Å². The smallest absolute Gasteiger partial charge is 0.251 e. The summed E-state index contributed by atoms with van der Waals surface area (Å²) in [6.45, 7) is 8.35. The maximum atomic E-state index is 12.2. The van der Waals surface area contributed by atoms with Crippen molar-refractivity contribution in [1.29, 1.82) is 0 Å². The second-order valence-electron chi connectivity index (χ2n) is 5.54. The first-order valence-electron chi connectivity index (χ1n) is 7.43. The fraction of sp³-hybridized carbons (Fsp3) is 0.562. The number of aryl methyl sites for hydroxylation is 1. The van der Waals surface area contributed by atoms with Crippen LogP contribution in [0.25, 0.3) is 0 Å². The molecule has 2 N–H and O–H groups in total. The van der Waals surface area contributed by atoms with E-state index in [-0.39, 0.29) is 5.91 Å². The molecule has 1 aromatic rings. The first-order chi connectivity index (χ1) is 9.63. The van der Waals surface area contributed by atoms with Crippen LogP contribution in [0, 0.1) is 12.8 Å². The lowest BCUT2D eigenvalue weighted by Crippen LogP contribution is -2.31. The molecule has 0 bridgehead atoms. The number of amides is 1. The van der Waals surface area contributed by atoms with E-state index in [0.717, 1.165) is 43.0 Å². The Morgan fingerprint density at radius 3 is 2.85 bits per heavy atom. The Morgan fingerprint density at radius 1 is 1.45 bits per heavy atom. The zero-order valence-electron chi connectivity index (χ0n) is 12.7. The summed E-state index contributed by atoms with van der Waals surface area (Å²) in [6, 6.07) is 5.77. The van der Waals surface area contributed by atoms with E-state index in [1.807, 2.05) is 32.2 Å². The van der Waals surface area contributed by atoms with Crippen LogP contribution in [0.2, 0.25) is 0 Å². The third kappa shape index (κ3) is 3.51. The summed E-state index contributed by atoms with van der Waals surface area (Å²) in [5, 5.41) is 6.18. The van der Waals surface area contributed by atoms with Crippen LogP contribution in [-0.2, 0) is 0 Å². The predicted molar refractivity (Wildman–Crippen MR) is 83.3 cm³/mol. The lowest BCUT2D eigenvalue weighted by molar-refractivity contribution is 0.0947. The van der Waals surface area contributed by atoms with Gasteiger partial charge in [0.15, 0.2) is 0 Å². The van der Waals surface area contributed by atoms with E-state index in [4.69, 9.17) is 0 Å². The highest BCUT2D eigenvalue weighted by Crippen LogP contribution is 2.17. The summed E-state index contributed by atoms with van der Waals surface area (Å²) >= 11 is 0. The predicted octanol–water partition coefficient (Wildman–Crippen LogP) is 2.11. The number of hydrogen-bond acceptors (Lipinski definition) is 3. The van der Waals surface area contributed by atoms with Gasteiger partial charge in [0.1, 0.15) is 0 Å². The quantitative estimate of drug-likeness (QED) is 0.865. The van der Waals surface area contributed by atoms with E-state index in [0.29, 0.717) is 5.92 Å². The molecule has 4 heteroatoms. The molecule has 1 heterocycles. The molecule has 0 aromatic heterocycles. The monoisotopic (exact) mass is 275 g/mol. The van der Waals surface area contributed by atoms with Crippen LogP contribution in [0.5, 0.6) is 0 Å². The minimum Gasteiger partial charge on any atom is -0.388 e. The van der Waals surface area contributed by atoms with Gasteiger partial charge in [-0.3, -0.25) is 4.79 Å². The highest BCUT2D eigenvalue weighted by atomic mass is 16.1. The topological polar surface area (TPSA) is 44.4 Å². The van der Waals surface area contributed by atoms with Crippen molar-refractivity contribution in [3.05, 3.63) is 29.3 Å². The molecule has 1 amide bonds. The SMILES string of the molecule is CCN1CCC(CNC(=O)c2ccc(NC)c(C)c2)C1. The number of nitrogens with zero attached hydrogens (tertiary/aromatic N) is 1. The molecule has 2 rings (SSSR count). The largest absolute Gasteiger partial charge is 0.388 e. The Balaban J connectivity index is 1.87. The number of carbonyl (C=O) groups is 1. The summed E-state index contributed by atoms with van der Waals surface area (Å²) in [5.74, 6) is 0.627. The molecule has 0 radical (unpaired) electrons. The lowest BCUT2D eigenvalue weighted by atomic mass is 10.1. The van der Waals surface area contributed by atoms with Crippen molar-refractivity contribution in [1.82, 2.24) is 10.2 Å². The molecule has 20 heavy (non-hydrogen) atoms. The summed E-state index contributed by atoms with van der Waals surface area (Å²) in [7, 11) is 1.89. The molecular weight excluding hydrogens is 250 g/mol. The minimum absolute atomic E-state index is 0.0331. The van der Waals surface area contributed by atoms with Crippen LogP contribution >= 0.6 is 0 Å². The maximum Gasteiger partial charge on any atom is 0.251 e. The number of benzene rings is 1. The van der Waals surface area contributed by atoms with Gasteiger partial charge in [-0.2, -0.15) is 0 Å². The number of carbonyl (C=O) groups excluding carboxylic acids is 1. The molecule has 0 spiro atoms.